The minimum Gasteiger partial charge on any atom is -0.163 e. The second kappa shape index (κ2) is 8.59. The fraction of sp³-hybridized carbons (Fsp3) is 0.182. The van der Waals surface area contributed by atoms with Crippen molar-refractivity contribution in [2.75, 3.05) is 6.26 Å². The topological polar surface area (TPSA) is 0 Å². The van der Waals surface area contributed by atoms with E-state index < -0.39 is 10.0 Å². The molecule has 0 N–H and O–H groups in total. The molecule has 1 heteroatoms. The lowest BCUT2D eigenvalue weighted by Gasteiger charge is -2.37. The summed E-state index contributed by atoms with van der Waals surface area (Å²) in [6.45, 7) is 4.25. The SMILES string of the molecule is CCC.CS(c1ccccc1)(c1ccccc1)c1ccccc1. The first-order chi connectivity index (χ1) is 11.2. The lowest BCUT2D eigenvalue weighted by atomic mass is 10.4. The summed E-state index contributed by atoms with van der Waals surface area (Å²) >= 11 is 0. The molecule has 23 heavy (non-hydrogen) atoms. The molecule has 0 aliphatic rings. The molecule has 0 aliphatic heterocycles. The Bertz CT molecular complexity index is 578. The predicted molar refractivity (Wildman–Crippen MR) is 104 cm³/mol. The van der Waals surface area contributed by atoms with Gasteiger partial charge in [0.15, 0.2) is 0 Å². The van der Waals surface area contributed by atoms with Crippen LogP contribution in [-0.4, -0.2) is 6.26 Å². The first kappa shape index (κ1) is 17.4. The van der Waals surface area contributed by atoms with E-state index in [9.17, 15) is 0 Å². The molecule has 0 bridgehead atoms. The molecule has 0 nitrogen and oxygen atoms in total. The third-order valence-electron chi connectivity index (χ3n) is 3.64. The third kappa shape index (κ3) is 4.05. The Morgan fingerprint density at radius 2 is 0.739 bits per heavy atom. The Kier molecular flexibility index (Phi) is 6.49. The molecule has 0 aliphatic carbocycles. The van der Waals surface area contributed by atoms with Gasteiger partial charge in [-0.25, -0.2) is 0 Å². The van der Waals surface area contributed by atoms with Gasteiger partial charge in [-0.2, -0.15) is 10.0 Å². The molecule has 0 aromatic heterocycles. The van der Waals surface area contributed by atoms with Gasteiger partial charge in [0.25, 0.3) is 0 Å². The number of hydrogen-bond acceptors (Lipinski definition) is 0. The van der Waals surface area contributed by atoms with E-state index in [0.717, 1.165) is 0 Å². The van der Waals surface area contributed by atoms with E-state index in [1.807, 2.05) is 0 Å². The monoisotopic (exact) mass is 322 g/mol. The predicted octanol–water partition coefficient (Wildman–Crippen LogP) is 7.01. The first-order valence-corrected chi connectivity index (χ1v) is 10.2. The highest BCUT2D eigenvalue weighted by atomic mass is 32.3. The van der Waals surface area contributed by atoms with E-state index >= 15 is 0 Å². The highest BCUT2D eigenvalue weighted by Crippen LogP contribution is 2.65. The van der Waals surface area contributed by atoms with Crippen LogP contribution < -0.4 is 0 Å². The molecule has 3 aromatic rings. The van der Waals surface area contributed by atoms with Crippen LogP contribution in [-0.2, 0) is 0 Å². The zero-order chi connectivity index (χ0) is 16.5. The van der Waals surface area contributed by atoms with Gasteiger partial charge in [0, 0.05) is 0 Å². The van der Waals surface area contributed by atoms with Gasteiger partial charge in [-0.3, -0.25) is 0 Å². The van der Waals surface area contributed by atoms with Crippen LogP contribution in [0.25, 0.3) is 0 Å². The highest BCUT2D eigenvalue weighted by Gasteiger charge is 2.24. The molecule has 0 fully saturated rings. The lowest BCUT2D eigenvalue weighted by molar-refractivity contribution is 1.09. The highest BCUT2D eigenvalue weighted by molar-refractivity contribution is 8.33. The Hall–Kier alpha value is -1.99. The normalized spacial score (nSPS) is 11.3. The summed E-state index contributed by atoms with van der Waals surface area (Å²) < 4.78 is 0. The van der Waals surface area contributed by atoms with Gasteiger partial charge >= 0.3 is 0 Å². The summed E-state index contributed by atoms with van der Waals surface area (Å²) in [5.74, 6) is 0. The maximum atomic E-state index is 2.38. The van der Waals surface area contributed by atoms with Crippen LogP contribution in [0.2, 0.25) is 0 Å². The van der Waals surface area contributed by atoms with Crippen molar-refractivity contribution in [2.45, 2.75) is 35.0 Å². The maximum absolute atomic E-state index is 2.38. The molecule has 0 saturated heterocycles. The summed E-state index contributed by atoms with van der Waals surface area (Å²) in [7, 11) is -1.18. The molecule has 0 radical (unpaired) electrons. The standard InChI is InChI=1S/C19H18S.C3H8/c1-20(17-11-5-2-6-12-17,18-13-7-3-8-14-18)19-15-9-4-10-16-19;1-3-2/h2-16H,1H3;3H2,1-2H3. The van der Waals surface area contributed by atoms with E-state index in [2.05, 4.69) is 111 Å². The lowest BCUT2D eigenvalue weighted by Crippen LogP contribution is -2.01. The van der Waals surface area contributed by atoms with Gasteiger partial charge in [0.1, 0.15) is 0 Å². The van der Waals surface area contributed by atoms with Crippen LogP contribution in [0.15, 0.2) is 106 Å². The van der Waals surface area contributed by atoms with Crippen molar-refractivity contribution in [3.8, 4) is 0 Å². The molecular formula is C22H26S. The van der Waals surface area contributed by atoms with Crippen LogP contribution in [0.3, 0.4) is 0 Å². The summed E-state index contributed by atoms with van der Waals surface area (Å²) in [5.41, 5.74) is 0. The van der Waals surface area contributed by atoms with Gasteiger partial charge in [-0.15, -0.1) is 0 Å². The third-order valence-corrected chi connectivity index (χ3v) is 7.29. The minimum atomic E-state index is -1.18. The largest absolute Gasteiger partial charge is 0.163 e. The summed E-state index contributed by atoms with van der Waals surface area (Å²) in [6.07, 6.45) is 3.63. The van der Waals surface area contributed by atoms with E-state index in [4.69, 9.17) is 0 Å². The number of rotatable bonds is 3. The quantitative estimate of drug-likeness (QED) is 0.486. The van der Waals surface area contributed by atoms with Crippen molar-refractivity contribution < 1.29 is 0 Å². The van der Waals surface area contributed by atoms with Crippen LogP contribution in [0.1, 0.15) is 20.3 Å². The van der Waals surface area contributed by atoms with Crippen molar-refractivity contribution in [1.29, 1.82) is 0 Å². The Morgan fingerprint density at radius 3 is 0.957 bits per heavy atom. The molecule has 0 spiro atoms. The van der Waals surface area contributed by atoms with Crippen molar-refractivity contribution in [2.24, 2.45) is 0 Å². The van der Waals surface area contributed by atoms with Crippen LogP contribution in [0, 0.1) is 0 Å². The first-order valence-electron chi connectivity index (χ1n) is 8.17. The smallest absolute Gasteiger partial charge is 0.00212 e. The fourth-order valence-electron chi connectivity index (χ4n) is 2.49. The molecule has 0 saturated carbocycles. The number of hydrogen-bond donors (Lipinski definition) is 0. The molecule has 120 valence electrons. The van der Waals surface area contributed by atoms with Gasteiger partial charge in [-0.1, -0.05) is 74.9 Å². The molecule has 0 heterocycles. The van der Waals surface area contributed by atoms with Crippen LogP contribution >= 0.6 is 10.0 Å². The van der Waals surface area contributed by atoms with Gasteiger partial charge in [0.05, 0.1) is 0 Å². The van der Waals surface area contributed by atoms with Gasteiger partial charge < -0.3 is 0 Å². The summed E-state index contributed by atoms with van der Waals surface area (Å²) in [4.78, 5) is 4.20. The number of benzene rings is 3. The van der Waals surface area contributed by atoms with E-state index in [1.54, 1.807) is 0 Å². The average Bonchev–Trinajstić information content (AvgIpc) is 2.64. The summed E-state index contributed by atoms with van der Waals surface area (Å²) in [6, 6.07) is 32.5. The second-order valence-corrected chi connectivity index (χ2v) is 8.82. The van der Waals surface area contributed by atoms with E-state index in [1.165, 1.54) is 21.1 Å². The average molecular weight is 323 g/mol. The Morgan fingerprint density at radius 1 is 0.522 bits per heavy atom. The molecule has 3 aromatic carbocycles. The van der Waals surface area contributed by atoms with Gasteiger partial charge in [-0.05, 0) is 57.3 Å². The summed E-state index contributed by atoms with van der Waals surface area (Å²) in [5, 5.41) is 0. The Labute approximate surface area is 142 Å². The zero-order valence-corrected chi connectivity index (χ0v) is 15.1. The zero-order valence-electron chi connectivity index (χ0n) is 14.3. The van der Waals surface area contributed by atoms with E-state index in [0.29, 0.717) is 0 Å². The van der Waals surface area contributed by atoms with Crippen molar-refractivity contribution in [1.82, 2.24) is 0 Å². The maximum Gasteiger partial charge on any atom is -0.00212 e. The molecule has 3 rings (SSSR count). The van der Waals surface area contributed by atoms with Crippen LogP contribution in [0.4, 0.5) is 0 Å². The van der Waals surface area contributed by atoms with Crippen molar-refractivity contribution in [3.05, 3.63) is 91.0 Å². The molecular weight excluding hydrogens is 296 g/mol. The van der Waals surface area contributed by atoms with Crippen molar-refractivity contribution >= 4 is 10.0 Å². The van der Waals surface area contributed by atoms with E-state index in [-0.39, 0.29) is 0 Å². The molecule has 0 atom stereocenters. The molecule has 0 amide bonds. The van der Waals surface area contributed by atoms with Crippen molar-refractivity contribution in [3.63, 3.8) is 0 Å². The fourth-order valence-corrected chi connectivity index (χ4v) is 5.41. The van der Waals surface area contributed by atoms with Crippen LogP contribution in [0.5, 0.6) is 0 Å². The molecule has 0 unspecified atom stereocenters. The Balaban J connectivity index is 0.000000595. The second-order valence-electron chi connectivity index (χ2n) is 5.56. The van der Waals surface area contributed by atoms with Gasteiger partial charge in [0.2, 0.25) is 0 Å². The minimum absolute atomic E-state index is 1.18.